The number of nitrogens with zero attached hydrogens (tertiary/aromatic N) is 4. The first-order chi connectivity index (χ1) is 17.4. The molecule has 1 fully saturated rings. The Bertz CT molecular complexity index is 1150. The van der Waals surface area contributed by atoms with E-state index in [2.05, 4.69) is 25.6 Å². The molecule has 1 aromatic carbocycles. The summed E-state index contributed by atoms with van der Waals surface area (Å²) in [5.74, 6) is 0.528. The molecule has 0 radical (unpaired) electrons. The SMILES string of the molecule is COc1ncc(-c2ccc(N(C(=O)N[C@H](C)c3ccccc3)[C@H]3CC[C@H](NC(=O)O)CC3)nc2)cn1. The summed E-state index contributed by atoms with van der Waals surface area (Å²) in [5.41, 5.74) is 2.60. The summed E-state index contributed by atoms with van der Waals surface area (Å²) in [4.78, 5) is 39.2. The molecule has 2 heterocycles. The van der Waals surface area contributed by atoms with Gasteiger partial charge in [0.2, 0.25) is 0 Å². The van der Waals surface area contributed by atoms with Crippen LogP contribution in [0.25, 0.3) is 11.1 Å². The highest BCUT2D eigenvalue weighted by Crippen LogP contribution is 2.29. The van der Waals surface area contributed by atoms with Gasteiger partial charge in [-0.2, -0.15) is 0 Å². The third kappa shape index (κ3) is 6.07. The second-order valence-corrected chi connectivity index (χ2v) is 8.77. The van der Waals surface area contributed by atoms with Crippen molar-refractivity contribution in [2.45, 2.75) is 50.7 Å². The number of ether oxygens (including phenoxy) is 1. The first kappa shape index (κ1) is 24.9. The summed E-state index contributed by atoms with van der Waals surface area (Å²) >= 11 is 0. The maximum atomic E-state index is 13.5. The third-order valence-corrected chi connectivity index (χ3v) is 6.39. The minimum Gasteiger partial charge on any atom is -0.467 e. The predicted octanol–water partition coefficient (Wildman–Crippen LogP) is 4.40. The van der Waals surface area contributed by atoms with E-state index in [1.165, 1.54) is 7.11 Å². The van der Waals surface area contributed by atoms with Gasteiger partial charge in [0.05, 0.1) is 13.2 Å². The third-order valence-electron chi connectivity index (χ3n) is 6.39. The standard InChI is InChI=1S/C26H30N6O4/c1-17(18-6-4-3-5-7-18)30-25(33)32(22-11-9-21(10-12-22)31-26(34)35)23-13-8-19(14-27-23)20-15-28-24(36-2)29-16-20/h3-8,13-17,21-22,31H,9-12H2,1-2H3,(H,30,33)(H,34,35)/t17-,21-,22-/m1/s1. The van der Waals surface area contributed by atoms with Crippen molar-refractivity contribution in [1.82, 2.24) is 25.6 Å². The molecule has 0 aliphatic heterocycles. The van der Waals surface area contributed by atoms with Crippen molar-refractivity contribution in [2.24, 2.45) is 0 Å². The zero-order chi connectivity index (χ0) is 25.5. The Labute approximate surface area is 209 Å². The van der Waals surface area contributed by atoms with Gasteiger partial charge < -0.3 is 20.5 Å². The van der Waals surface area contributed by atoms with Crippen LogP contribution in [0.4, 0.5) is 15.4 Å². The minimum absolute atomic E-state index is 0.109. The van der Waals surface area contributed by atoms with Crippen molar-refractivity contribution in [3.05, 3.63) is 66.6 Å². The molecular weight excluding hydrogens is 460 g/mol. The van der Waals surface area contributed by atoms with Crippen LogP contribution in [-0.4, -0.2) is 51.4 Å². The van der Waals surface area contributed by atoms with Gasteiger partial charge in [-0.25, -0.2) is 24.5 Å². The van der Waals surface area contributed by atoms with Gasteiger partial charge in [0.25, 0.3) is 0 Å². The van der Waals surface area contributed by atoms with Crippen LogP contribution in [0.1, 0.15) is 44.2 Å². The van der Waals surface area contributed by atoms with Crippen molar-refractivity contribution in [2.75, 3.05) is 12.0 Å². The number of methoxy groups -OCH3 is 1. The number of carbonyl (C=O) groups is 2. The van der Waals surface area contributed by atoms with E-state index >= 15 is 0 Å². The molecule has 0 bridgehead atoms. The van der Waals surface area contributed by atoms with Crippen molar-refractivity contribution in [1.29, 1.82) is 0 Å². The van der Waals surface area contributed by atoms with Crippen molar-refractivity contribution in [3.8, 4) is 17.1 Å². The molecule has 4 rings (SSSR count). The van der Waals surface area contributed by atoms with Gasteiger partial charge in [0, 0.05) is 41.8 Å². The Morgan fingerprint density at radius 3 is 2.22 bits per heavy atom. The number of amides is 3. The maximum absolute atomic E-state index is 13.5. The molecule has 1 saturated carbocycles. The van der Waals surface area contributed by atoms with Crippen LogP contribution in [-0.2, 0) is 0 Å². The van der Waals surface area contributed by atoms with Gasteiger partial charge in [0.15, 0.2) is 0 Å². The lowest BCUT2D eigenvalue weighted by Crippen LogP contribution is -2.50. The number of hydrogen-bond acceptors (Lipinski definition) is 6. The Morgan fingerprint density at radius 2 is 1.64 bits per heavy atom. The largest absolute Gasteiger partial charge is 0.467 e. The molecule has 0 saturated heterocycles. The number of aromatic nitrogens is 3. The van der Waals surface area contributed by atoms with E-state index in [0.717, 1.165) is 16.7 Å². The van der Waals surface area contributed by atoms with Crippen molar-refractivity contribution < 1.29 is 19.4 Å². The lowest BCUT2D eigenvalue weighted by molar-refractivity contribution is 0.184. The maximum Gasteiger partial charge on any atom is 0.404 e. The summed E-state index contributed by atoms with van der Waals surface area (Å²) in [6, 6.07) is 13.1. The molecule has 10 heteroatoms. The van der Waals surface area contributed by atoms with E-state index in [9.17, 15) is 9.59 Å². The summed E-state index contributed by atoms with van der Waals surface area (Å²) in [7, 11) is 1.51. The molecule has 10 nitrogen and oxygen atoms in total. The van der Waals surface area contributed by atoms with E-state index in [-0.39, 0.29) is 30.2 Å². The topological polar surface area (TPSA) is 130 Å². The van der Waals surface area contributed by atoms with Crippen LogP contribution in [0.15, 0.2) is 61.1 Å². The number of anilines is 1. The monoisotopic (exact) mass is 490 g/mol. The molecule has 3 N–H and O–H groups in total. The number of carboxylic acid groups (broad SMARTS) is 1. The van der Waals surface area contributed by atoms with Crippen LogP contribution in [0.3, 0.4) is 0 Å². The average molecular weight is 491 g/mol. The van der Waals surface area contributed by atoms with Crippen LogP contribution >= 0.6 is 0 Å². The second kappa shape index (κ2) is 11.5. The molecule has 2 aromatic heterocycles. The van der Waals surface area contributed by atoms with Gasteiger partial charge in [0.1, 0.15) is 5.82 Å². The number of carbonyl (C=O) groups excluding carboxylic acids is 1. The molecule has 0 spiro atoms. The smallest absolute Gasteiger partial charge is 0.404 e. The van der Waals surface area contributed by atoms with E-state index < -0.39 is 6.09 Å². The highest BCUT2D eigenvalue weighted by Gasteiger charge is 2.32. The molecule has 3 amide bonds. The fourth-order valence-electron chi connectivity index (χ4n) is 4.46. The summed E-state index contributed by atoms with van der Waals surface area (Å²) in [6.07, 6.45) is 6.61. The quantitative estimate of drug-likeness (QED) is 0.447. The van der Waals surface area contributed by atoms with Crippen molar-refractivity contribution in [3.63, 3.8) is 0 Å². The van der Waals surface area contributed by atoms with Crippen LogP contribution < -0.4 is 20.3 Å². The Morgan fingerprint density at radius 1 is 0.972 bits per heavy atom. The normalized spacial score (nSPS) is 18.1. The fraction of sp³-hybridized carbons (Fsp3) is 0.346. The molecule has 0 unspecified atom stereocenters. The van der Waals surface area contributed by atoms with Crippen LogP contribution in [0, 0.1) is 0 Å². The Balaban J connectivity index is 1.55. The van der Waals surface area contributed by atoms with E-state index in [0.29, 0.717) is 31.5 Å². The van der Waals surface area contributed by atoms with E-state index in [1.54, 1.807) is 23.5 Å². The van der Waals surface area contributed by atoms with E-state index in [1.807, 2.05) is 49.4 Å². The molecule has 1 aliphatic carbocycles. The highest BCUT2D eigenvalue weighted by atomic mass is 16.5. The molecule has 1 atom stereocenters. The number of rotatable bonds is 7. The van der Waals surface area contributed by atoms with Crippen LogP contribution in [0.2, 0.25) is 0 Å². The number of urea groups is 1. The van der Waals surface area contributed by atoms with Crippen molar-refractivity contribution >= 4 is 17.9 Å². The predicted molar refractivity (Wildman–Crippen MR) is 135 cm³/mol. The average Bonchev–Trinajstić information content (AvgIpc) is 2.90. The van der Waals surface area contributed by atoms with Gasteiger partial charge in [-0.05, 0) is 50.3 Å². The zero-order valence-corrected chi connectivity index (χ0v) is 20.3. The lowest BCUT2D eigenvalue weighted by Gasteiger charge is -2.36. The fourth-order valence-corrected chi connectivity index (χ4v) is 4.46. The first-order valence-corrected chi connectivity index (χ1v) is 11.9. The molecular formula is C26H30N6O4. The number of pyridine rings is 1. The van der Waals surface area contributed by atoms with Crippen LogP contribution in [0.5, 0.6) is 6.01 Å². The van der Waals surface area contributed by atoms with Gasteiger partial charge >= 0.3 is 18.1 Å². The Kier molecular flexibility index (Phi) is 7.94. The second-order valence-electron chi connectivity index (χ2n) is 8.77. The first-order valence-electron chi connectivity index (χ1n) is 11.9. The zero-order valence-electron chi connectivity index (χ0n) is 20.3. The molecule has 36 heavy (non-hydrogen) atoms. The summed E-state index contributed by atoms with van der Waals surface area (Å²) in [5, 5.41) is 14.7. The Hall–Kier alpha value is -4.21. The number of hydrogen-bond donors (Lipinski definition) is 3. The summed E-state index contributed by atoms with van der Waals surface area (Å²) in [6.45, 7) is 1.94. The molecule has 3 aromatic rings. The number of nitrogens with one attached hydrogen (secondary N) is 2. The van der Waals surface area contributed by atoms with Gasteiger partial charge in [-0.15, -0.1) is 0 Å². The van der Waals surface area contributed by atoms with Gasteiger partial charge in [-0.3, -0.25) is 4.90 Å². The number of benzene rings is 1. The van der Waals surface area contributed by atoms with E-state index in [4.69, 9.17) is 9.84 Å². The minimum atomic E-state index is -1.02. The summed E-state index contributed by atoms with van der Waals surface area (Å²) < 4.78 is 5.02. The molecule has 1 aliphatic rings. The van der Waals surface area contributed by atoms with Gasteiger partial charge in [-0.1, -0.05) is 30.3 Å². The lowest BCUT2D eigenvalue weighted by atomic mass is 9.90. The molecule has 188 valence electrons. The highest BCUT2D eigenvalue weighted by molar-refractivity contribution is 5.92.